The fourth-order valence-electron chi connectivity index (χ4n) is 1.53. The van der Waals surface area contributed by atoms with Gasteiger partial charge in [0.25, 0.3) is 0 Å². The lowest BCUT2D eigenvalue weighted by Crippen LogP contribution is -2.39. The highest BCUT2D eigenvalue weighted by Gasteiger charge is 2.38. The van der Waals surface area contributed by atoms with Gasteiger partial charge in [-0.05, 0) is 25.8 Å². The summed E-state index contributed by atoms with van der Waals surface area (Å²) < 4.78 is 35.3. The molecule has 1 fully saturated rings. The van der Waals surface area contributed by atoms with Gasteiger partial charge in [0.2, 0.25) is 0 Å². The lowest BCUT2D eigenvalue weighted by Gasteiger charge is -2.11. The van der Waals surface area contributed by atoms with Gasteiger partial charge in [-0.1, -0.05) is 0 Å². The normalized spacial score (nSPS) is 27.7. The van der Waals surface area contributed by atoms with Crippen LogP contribution in [0.2, 0.25) is 0 Å². The second-order valence-corrected chi connectivity index (χ2v) is 3.62. The van der Waals surface area contributed by atoms with Gasteiger partial charge in [0.05, 0.1) is 0 Å². The number of hydrogen-bond acceptors (Lipinski definition) is 2. The summed E-state index contributed by atoms with van der Waals surface area (Å²) in [6.07, 6.45) is -3.96. The predicted octanol–water partition coefficient (Wildman–Crippen LogP) is 0.663. The summed E-state index contributed by atoms with van der Waals surface area (Å²) in [6, 6.07) is 0.322. The molecule has 1 rings (SSSR count). The van der Waals surface area contributed by atoms with E-state index in [0.717, 1.165) is 6.42 Å². The van der Waals surface area contributed by atoms with E-state index >= 15 is 0 Å². The van der Waals surface area contributed by atoms with Gasteiger partial charge < -0.3 is 10.6 Å². The molecule has 14 heavy (non-hydrogen) atoms. The summed E-state index contributed by atoms with van der Waals surface area (Å²) in [7, 11) is 0. The van der Waals surface area contributed by atoms with E-state index in [4.69, 9.17) is 0 Å². The minimum Gasteiger partial charge on any atom is -0.348 e. The van der Waals surface area contributed by atoms with Crippen molar-refractivity contribution in [1.29, 1.82) is 0 Å². The topological polar surface area (TPSA) is 41.1 Å². The molecule has 1 aliphatic heterocycles. The first kappa shape index (κ1) is 11.3. The quantitative estimate of drug-likeness (QED) is 0.703. The molecule has 1 saturated heterocycles. The van der Waals surface area contributed by atoms with Crippen molar-refractivity contribution in [1.82, 2.24) is 10.6 Å². The summed E-state index contributed by atoms with van der Waals surface area (Å²) in [5, 5.41) is 4.98. The monoisotopic (exact) mass is 210 g/mol. The minimum absolute atomic E-state index is 0.0929. The van der Waals surface area contributed by atoms with Crippen molar-refractivity contribution >= 4 is 5.91 Å². The van der Waals surface area contributed by atoms with Crippen molar-refractivity contribution < 1.29 is 18.0 Å². The summed E-state index contributed by atoms with van der Waals surface area (Å²) in [6.45, 7) is 2.72. The number of rotatable bonds is 2. The average molecular weight is 210 g/mol. The maximum atomic E-state index is 11.8. The summed E-state index contributed by atoms with van der Waals surface area (Å²) in [4.78, 5) is 10.4. The number of carbonyl (C=O) groups is 1. The molecule has 3 nitrogen and oxygen atoms in total. The fourth-order valence-corrected chi connectivity index (χ4v) is 1.53. The lowest BCUT2D eigenvalue weighted by molar-refractivity contribution is -0.173. The summed E-state index contributed by atoms with van der Waals surface area (Å²) in [5.74, 6) is -1.74. The fraction of sp³-hybridized carbons (Fsp3) is 0.875. The maximum Gasteiger partial charge on any atom is 0.471 e. The van der Waals surface area contributed by atoms with E-state index in [9.17, 15) is 18.0 Å². The van der Waals surface area contributed by atoms with Crippen LogP contribution in [0.5, 0.6) is 0 Å². The molecular weight excluding hydrogens is 197 g/mol. The molecule has 82 valence electrons. The van der Waals surface area contributed by atoms with Gasteiger partial charge in [-0.15, -0.1) is 0 Å². The largest absolute Gasteiger partial charge is 0.471 e. The molecule has 6 heteroatoms. The molecule has 0 spiro atoms. The van der Waals surface area contributed by atoms with E-state index in [0.29, 0.717) is 12.6 Å². The first-order chi connectivity index (χ1) is 6.39. The molecule has 0 unspecified atom stereocenters. The first-order valence-electron chi connectivity index (χ1n) is 4.48. The predicted molar refractivity (Wildman–Crippen MR) is 44.6 cm³/mol. The number of amides is 1. The molecule has 0 radical (unpaired) electrons. The Kier molecular flexibility index (Phi) is 3.36. The van der Waals surface area contributed by atoms with Crippen LogP contribution < -0.4 is 10.6 Å². The number of alkyl halides is 3. The van der Waals surface area contributed by atoms with Crippen molar-refractivity contribution in [2.75, 3.05) is 13.1 Å². The van der Waals surface area contributed by atoms with E-state index < -0.39 is 12.1 Å². The van der Waals surface area contributed by atoms with E-state index in [1.54, 1.807) is 0 Å². The number of nitrogens with one attached hydrogen (secondary N) is 2. The van der Waals surface area contributed by atoms with Gasteiger partial charge in [-0.25, -0.2) is 0 Å². The molecule has 0 aromatic carbocycles. The van der Waals surface area contributed by atoms with Crippen molar-refractivity contribution in [3.05, 3.63) is 0 Å². The Balaban J connectivity index is 2.24. The second kappa shape index (κ2) is 4.16. The van der Waals surface area contributed by atoms with Crippen LogP contribution in [-0.2, 0) is 4.79 Å². The molecule has 2 N–H and O–H groups in total. The first-order valence-corrected chi connectivity index (χ1v) is 4.48. The molecule has 1 heterocycles. The second-order valence-electron chi connectivity index (χ2n) is 3.62. The number of carbonyl (C=O) groups excluding carboxylic acids is 1. The lowest BCUT2D eigenvalue weighted by atomic mass is 10.1. The van der Waals surface area contributed by atoms with Crippen molar-refractivity contribution in [2.45, 2.75) is 25.6 Å². The summed E-state index contributed by atoms with van der Waals surface area (Å²) >= 11 is 0. The zero-order valence-electron chi connectivity index (χ0n) is 7.82. The molecular formula is C8H13F3N2O. The van der Waals surface area contributed by atoms with Crippen LogP contribution in [0.1, 0.15) is 13.3 Å². The Morgan fingerprint density at radius 1 is 1.57 bits per heavy atom. The van der Waals surface area contributed by atoms with Crippen LogP contribution in [-0.4, -0.2) is 31.2 Å². The van der Waals surface area contributed by atoms with Crippen molar-refractivity contribution in [3.63, 3.8) is 0 Å². The van der Waals surface area contributed by atoms with E-state index in [2.05, 4.69) is 5.32 Å². The van der Waals surface area contributed by atoms with E-state index in [1.807, 2.05) is 12.2 Å². The Morgan fingerprint density at radius 2 is 2.21 bits per heavy atom. The SMILES string of the molecule is C[C@@H]1C[C@@H](CNC(=O)C(F)(F)F)CN1. The number of hydrogen-bond donors (Lipinski definition) is 2. The molecule has 0 bridgehead atoms. The highest BCUT2D eigenvalue weighted by atomic mass is 19.4. The van der Waals surface area contributed by atoms with Gasteiger partial charge in [0.1, 0.15) is 0 Å². The van der Waals surface area contributed by atoms with Gasteiger partial charge in [0, 0.05) is 12.6 Å². The minimum atomic E-state index is -4.77. The average Bonchev–Trinajstić information content (AvgIpc) is 2.45. The Hall–Kier alpha value is -0.780. The van der Waals surface area contributed by atoms with Crippen LogP contribution in [0.4, 0.5) is 13.2 Å². The van der Waals surface area contributed by atoms with Crippen LogP contribution in [0.15, 0.2) is 0 Å². The Morgan fingerprint density at radius 3 is 2.64 bits per heavy atom. The van der Waals surface area contributed by atoms with Gasteiger partial charge >= 0.3 is 12.1 Å². The van der Waals surface area contributed by atoms with E-state index in [-0.39, 0.29) is 12.5 Å². The van der Waals surface area contributed by atoms with Crippen LogP contribution in [0.3, 0.4) is 0 Å². The highest BCUT2D eigenvalue weighted by Crippen LogP contribution is 2.16. The third-order valence-corrected chi connectivity index (χ3v) is 2.25. The Labute approximate surface area is 80.0 Å². The molecule has 0 saturated carbocycles. The zero-order chi connectivity index (χ0) is 10.8. The summed E-state index contributed by atoms with van der Waals surface area (Å²) in [5.41, 5.74) is 0. The zero-order valence-corrected chi connectivity index (χ0v) is 7.82. The van der Waals surface area contributed by atoms with Crippen molar-refractivity contribution in [3.8, 4) is 0 Å². The van der Waals surface area contributed by atoms with Gasteiger partial charge in [-0.3, -0.25) is 4.79 Å². The van der Waals surface area contributed by atoms with Crippen LogP contribution >= 0.6 is 0 Å². The molecule has 1 aliphatic rings. The van der Waals surface area contributed by atoms with Crippen LogP contribution in [0, 0.1) is 5.92 Å². The molecule has 0 aromatic heterocycles. The molecule has 2 atom stereocenters. The van der Waals surface area contributed by atoms with E-state index in [1.165, 1.54) is 0 Å². The van der Waals surface area contributed by atoms with Crippen molar-refractivity contribution in [2.24, 2.45) is 5.92 Å². The van der Waals surface area contributed by atoms with Gasteiger partial charge in [0.15, 0.2) is 0 Å². The molecule has 0 aromatic rings. The van der Waals surface area contributed by atoms with Crippen LogP contribution in [0.25, 0.3) is 0 Å². The third kappa shape index (κ3) is 3.17. The maximum absolute atomic E-state index is 11.8. The standard InChI is InChI=1S/C8H13F3N2O/c1-5-2-6(3-12-5)4-13-7(14)8(9,10)11/h5-6,12H,2-4H2,1H3,(H,13,14)/t5-,6-/m1/s1. The Bertz CT molecular complexity index is 217. The van der Waals surface area contributed by atoms with Gasteiger partial charge in [-0.2, -0.15) is 13.2 Å². The molecule has 1 amide bonds. The number of halogens is 3. The molecule has 0 aliphatic carbocycles. The highest BCUT2D eigenvalue weighted by molar-refractivity contribution is 5.81. The smallest absolute Gasteiger partial charge is 0.348 e. The third-order valence-electron chi connectivity index (χ3n) is 2.25.